The molecule has 0 aliphatic heterocycles. The van der Waals surface area contributed by atoms with E-state index in [1.165, 1.54) is 0 Å². The molecular formula is C20H24N4O3. The summed E-state index contributed by atoms with van der Waals surface area (Å²) >= 11 is 0. The molecule has 1 amide bonds. The number of hydrogen-bond donors (Lipinski definition) is 2. The van der Waals surface area contributed by atoms with Gasteiger partial charge >= 0.3 is 0 Å². The molecule has 0 saturated heterocycles. The molecule has 2 aromatic heterocycles. The van der Waals surface area contributed by atoms with Gasteiger partial charge in [0, 0.05) is 36.0 Å². The highest BCUT2D eigenvalue weighted by molar-refractivity contribution is 5.84. The Hall–Kier alpha value is -2.80. The molecule has 2 heterocycles. The maximum absolute atomic E-state index is 12.5. The molecule has 7 nitrogen and oxygen atoms in total. The molecule has 3 atom stereocenters. The highest BCUT2D eigenvalue weighted by atomic mass is 16.5. The van der Waals surface area contributed by atoms with E-state index >= 15 is 0 Å². The van der Waals surface area contributed by atoms with Gasteiger partial charge in [-0.15, -0.1) is 0 Å². The van der Waals surface area contributed by atoms with Crippen LogP contribution in [0.15, 0.2) is 48.9 Å². The van der Waals surface area contributed by atoms with Crippen molar-refractivity contribution in [3.8, 4) is 5.75 Å². The number of fused-ring (bicyclic) bond motifs is 1. The van der Waals surface area contributed by atoms with Crippen LogP contribution in [0.2, 0.25) is 0 Å². The fourth-order valence-electron chi connectivity index (χ4n) is 3.95. The van der Waals surface area contributed by atoms with Gasteiger partial charge in [0.05, 0.1) is 19.3 Å². The fourth-order valence-corrected chi connectivity index (χ4v) is 3.95. The zero-order valence-corrected chi connectivity index (χ0v) is 15.3. The van der Waals surface area contributed by atoms with Crippen molar-refractivity contribution in [3.63, 3.8) is 0 Å². The van der Waals surface area contributed by atoms with Crippen LogP contribution in [0.25, 0.3) is 10.9 Å². The first-order valence-corrected chi connectivity index (χ1v) is 9.20. The Morgan fingerprint density at radius 2 is 2.22 bits per heavy atom. The Kier molecular flexibility index (Phi) is 4.85. The van der Waals surface area contributed by atoms with Crippen molar-refractivity contribution in [2.45, 2.75) is 38.1 Å². The van der Waals surface area contributed by atoms with Crippen molar-refractivity contribution in [2.24, 2.45) is 5.92 Å². The zero-order valence-electron chi connectivity index (χ0n) is 15.3. The zero-order chi connectivity index (χ0) is 18.8. The van der Waals surface area contributed by atoms with Crippen LogP contribution in [-0.2, 0) is 17.9 Å². The second-order valence-corrected chi connectivity index (χ2v) is 7.18. The largest absolute Gasteiger partial charge is 0.497 e. The van der Waals surface area contributed by atoms with Crippen molar-refractivity contribution >= 4 is 16.8 Å². The molecule has 0 spiro atoms. The standard InChI is InChI=1S/C20H24N4O3/c1-27-16-3-4-18-15(11-16)5-8-23(18)13-20(26)22-17-9-14(10-19(17)25)12-24-7-2-6-21-24/h2-8,11,14,17,19,25H,9-10,12-13H2,1H3,(H,22,26)/t14?,17-,19-/m1/s1. The van der Waals surface area contributed by atoms with Gasteiger partial charge < -0.3 is 19.7 Å². The van der Waals surface area contributed by atoms with Gasteiger partial charge in [-0.1, -0.05) is 0 Å². The predicted molar refractivity (Wildman–Crippen MR) is 101 cm³/mol. The molecule has 1 aliphatic carbocycles. The summed E-state index contributed by atoms with van der Waals surface area (Å²) in [4.78, 5) is 12.5. The number of aromatic nitrogens is 3. The van der Waals surface area contributed by atoms with Crippen molar-refractivity contribution in [2.75, 3.05) is 7.11 Å². The van der Waals surface area contributed by atoms with Gasteiger partial charge in [0.2, 0.25) is 5.91 Å². The van der Waals surface area contributed by atoms with Gasteiger partial charge in [0.25, 0.3) is 0 Å². The van der Waals surface area contributed by atoms with Gasteiger partial charge in [-0.2, -0.15) is 5.10 Å². The van der Waals surface area contributed by atoms with Crippen LogP contribution in [0.1, 0.15) is 12.8 Å². The number of benzene rings is 1. The third kappa shape index (κ3) is 3.83. The summed E-state index contributed by atoms with van der Waals surface area (Å²) in [6.07, 6.45) is 6.49. The topological polar surface area (TPSA) is 81.3 Å². The molecule has 142 valence electrons. The lowest BCUT2D eigenvalue weighted by atomic mass is 10.1. The Balaban J connectivity index is 1.36. The Labute approximate surface area is 157 Å². The van der Waals surface area contributed by atoms with Gasteiger partial charge in [-0.05, 0) is 49.1 Å². The number of nitrogens with zero attached hydrogens (tertiary/aromatic N) is 3. The van der Waals surface area contributed by atoms with E-state index < -0.39 is 6.10 Å². The summed E-state index contributed by atoms with van der Waals surface area (Å²) in [5.41, 5.74) is 0.981. The number of hydrogen-bond acceptors (Lipinski definition) is 4. The average Bonchev–Trinajstić information content (AvgIpc) is 3.37. The van der Waals surface area contributed by atoms with E-state index in [9.17, 15) is 9.90 Å². The molecule has 1 fully saturated rings. The molecule has 1 aromatic carbocycles. The Morgan fingerprint density at radius 1 is 1.33 bits per heavy atom. The number of ether oxygens (including phenoxy) is 1. The van der Waals surface area contributed by atoms with E-state index in [1.54, 1.807) is 13.3 Å². The summed E-state index contributed by atoms with van der Waals surface area (Å²) in [6, 6.07) is 9.44. The van der Waals surface area contributed by atoms with Crippen LogP contribution in [0.5, 0.6) is 5.75 Å². The summed E-state index contributed by atoms with van der Waals surface area (Å²) in [5, 5.41) is 18.6. The minimum atomic E-state index is -0.514. The van der Waals surface area contributed by atoms with Gasteiger partial charge in [0.15, 0.2) is 0 Å². The van der Waals surface area contributed by atoms with Crippen molar-refractivity contribution in [1.29, 1.82) is 0 Å². The highest BCUT2D eigenvalue weighted by Crippen LogP contribution is 2.27. The first-order chi connectivity index (χ1) is 13.1. The normalized spacial score (nSPS) is 22.2. The first kappa shape index (κ1) is 17.6. The van der Waals surface area contributed by atoms with E-state index in [4.69, 9.17) is 4.74 Å². The lowest BCUT2D eigenvalue weighted by molar-refractivity contribution is -0.122. The smallest absolute Gasteiger partial charge is 0.240 e. The van der Waals surface area contributed by atoms with Crippen molar-refractivity contribution in [1.82, 2.24) is 19.7 Å². The molecule has 0 radical (unpaired) electrons. The Bertz CT molecular complexity index is 919. The van der Waals surface area contributed by atoms with Crippen LogP contribution in [0, 0.1) is 5.92 Å². The summed E-state index contributed by atoms with van der Waals surface area (Å²) in [5.74, 6) is 1.01. The molecule has 2 N–H and O–H groups in total. The lowest BCUT2D eigenvalue weighted by Crippen LogP contribution is -2.41. The third-order valence-corrected chi connectivity index (χ3v) is 5.27. The van der Waals surface area contributed by atoms with Crippen molar-refractivity contribution < 1.29 is 14.6 Å². The summed E-state index contributed by atoms with van der Waals surface area (Å²) in [7, 11) is 1.64. The van der Waals surface area contributed by atoms with Crippen LogP contribution in [-0.4, -0.2) is 44.6 Å². The molecule has 27 heavy (non-hydrogen) atoms. The van der Waals surface area contributed by atoms with Crippen LogP contribution in [0.3, 0.4) is 0 Å². The number of rotatable bonds is 6. The van der Waals surface area contributed by atoms with Gasteiger partial charge in [-0.3, -0.25) is 9.48 Å². The second-order valence-electron chi connectivity index (χ2n) is 7.18. The number of nitrogens with one attached hydrogen (secondary N) is 1. The van der Waals surface area contributed by atoms with Gasteiger partial charge in [-0.25, -0.2) is 0 Å². The van der Waals surface area contributed by atoms with E-state index in [0.717, 1.165) is 29.6 Å². The summed E-state index contributed by atoms with van der Waals surface area (Å²) in [6.45, 7) is 0.989. The number of carbonyl (C=O) groups excluding carboxylic acids is 1. The van der Waals surface area contributed by atoms with Crippen LogP contribution in [0.4, 0.5) is 0 Å². The Morgan fingerprint density at radius 3 is 3.00 bits per heavy atom. The number of methoxy groups -OCH3 is 1. The third-order valence-electron chi connectivity index (χ3n) is 5.27. The van der Waals surface area contributed by atoms with E-state index in [0.29, 0.717) is 12.3 Å². The van der Waals surface area contributed by atoms with E-state index in [1.807, 2.05) is 52.0 Å². The maximum Gasteiger partial charge on any atom is 0.240 e. The molecule has 1 saturated carbocycles. The maximum atomic E-state index is 12.5. The molecule has 0 bridgehead atoms. The molecule has 4 rings (SSSR count). The monoisotopic (exact) mass is 368 g/mol. The highest BCUT2D eigenvalue weighted by Gasteiger charge is 2.34. The lowest BCUT2D eigenvalue weighted by Gasteiger charge is -2.17. The van der Waals surface area contributed by atoms with Crippen LogP contribution >= 0.6 is 0 Å². The number of carbonyl (C=O) groups is 1. The van der Waals surface area contributed by atoms with Gasteiger partial charge in [0.1, 0.15) is 12.3 Å². The minimum absolute atomic E-state index is 0.0906. The molecular weight excluding hydrogens is 344 g/mol. The average molecular weight is 368 g/mol. The number of aliphatic hydroxyl groups is 1. The SMILES string of the molecule is COc1ccc2c(ccn2CC(=O)N[C@@H]2CC(Cn3cccn3)C[C@H]2O)c1. The van der Waals surface area contributed by atoms with Crippen LogP contribution < -0.4 is 10.1 Å². The molecule has 1 aliphatic rings. The molecule has 1 unspecified atom stereocenters. The van der Waals surface area contributed by atoms with Crippen molar-refractivity contribution in [3.05, 3.63) is 48.9 Å². The first-order valence-electron chi connectivity index (χ1n) is 9.20. The van der Waals surface area contributed by atoms with E-state index in [2.05, 4.69) is 10.4 Å². The van der Waals surface area contributed by atoms with E-state index in [-0.39, 0.29) is 18.5 Å². The number of amides is 1. The molecule has 3 aromatic rings. The fraction of sp³-hybridized carbons (Fsp3) is 0.400. The number of aliphatic hydroxyl groups excluding tert-OH is 1. The second kappa shape index (κ2) is 7.44. The summed E-state index contributed by atoms with van der Waals surface area (Å²) < 4.78 is 9.02. The quantitative estimate of drug-likeness (QED) is 0.695. The predicted octanol–water partition coefficient (Wildman–Crippen LogP) is 1.80. The minimum Gasteiger partial charge on any atom is -0.497 e. The molecule has 7 heteroatoms.